The van der Waals surface area contributed by atoms with Crippen LogP contribution in [0, 0.1) is 0 Å². The number of rotatable bonds is 5. The minimum atomic E-state index is -0.197. The van der Waals surface area contributed by atoms with Crippen molar-refractivity contribution in [1.82, 2.24) is 20.7 Å². The monoisotopic (exact) mass is 292 g/mol. The Morgan fingerprint density at radius 1 is 1.43 bits per heavy atom. The quantitative estimate of drug-likeness (QED) is 0.804. The van der Waals surface area contributed by atoms with Crippen LogP contribution in [0.2, 0.25) is 0 Å². The maximum atomic E-state index is 12.1. The summed E-state index contributed by atoms with van der Waals surface area (Å²) in [6.07, 6.45) is 3.08. The summed E-state index contributed by atoms with van der Waals surface area (Å²) in [4.78, 5) is 25.5. The molecule has 2 N–H and O–H groups in total. The largest absolute Gasteiger partial charge is 0.360 e. The standard InChI is InChI=1S/C14H20N4O3/c1-15-13(19)8-18-5-4-10(7-18)16-14(20)11-6-12(21-17-11)9-2-3-9/h6,9-10H,2-5,7-8H2,1H3,(H,15,19)(H,16,20). The van der Waals surface area contributed by atoms with Crippen molar-refractivity contribution in [3.63, 3.8) is 0 Å². The van der Waals surface area contributed by atoms with Gasteiger partial charge >= 0.3 is 0 Å². The van der Waals surface area contributed by atoms with Crippen molar-refractivity contribution >= 4 is 11.8 Å². The predicted octanol–water partition coefficient (Wildman–Crippen LogP) is 0.102. The van der Waals surface area contributed by atoms with Crippen LogP contribution in [0.1, 0.15) is 41.4 Å². The molecule has 7 heteroatoms. The fourth-order valence-electron chi connectivity index (χ4n) is 2.59. The molecular weight excluding hydrogens is 272 g/mol. The van der Waals surface area contributed by atoms with E-state index in [9.17, 15) is 9.59 Å². The van der Waals surface area contributed by atoms with Crippen LogP contribution >= 0.6 is 0 Å². The molecule has 2 amide bonds. The molecule has 0 spiro atoms. The van der Waals surface area contributed by atoms with Crippen molar-refractivity contribution in [1.29, 1.82) is 0 Å². The summed E-state index contributed by atoms with van der Waals surface area (Å²) in [6.45, 7) is 1.87. The molecule has 1 aliphatic heterocycles. The smallest absolute Gasteiger partial charge is 0.273 e. The molecule has 2 fully saturated rings. The Balaban J connectivity index is 1.49. The number of carbonyl (C=O) groups is 2. The van der Waals surface area contributed by atoms with E-state index in [0.29, 0.717) is 24.7 Å². The lowest BCUT2D eigenvalue weighted by Crippen LogP contribution is -2.39. The first-order chi connectivity index (χ1) is 10.2. The van der Waals surface area contributed by atoms with Crippen LogP contribution in [0.4, 0.5) is 0 Å². The minimum absolute atomic E-state index is 0.00690. The summed E-state index contributed by atoms with van der Waals surface area (Å²) in [7, 11) is 1.62. The first kappa shape index (κ1) is 14.1. The number of amides is 2. The molecule has 1 saturated heterocycles. The van der Waals surface area contributed by atoms with E-state index in [1.54, 1.807) is 13.1 Å². The van der Waals surface area contributed by atoms with Gasteiger partial charge in [0.15, 0.2) is 5.69 Å². The van der Waals surface area contributed by atoms with Gasteiger partial charge in [0.05, 0.1) is 6.54 Å². The summed E-state index contributed by atoms with van der Waals surface area (Å²) in [5, 5.41) is 9.39. The SMILES string of the molecule is CNC(=O)CN1CCC(NC(=O)c2cc(C3CC3)on2)C1. The first-order valence-corrected chi connectivity index (χ1v) is 7.36. The molecule has 1 saturated carbocycles. The Labute approximate surface area is 123 Å². The molecule has 1 unspecified atom stereocenters. The van der Waals surface area contributed by atoms with Crippen LogP contribution in [0.15, 0.2) is 10.6 Å². The van der Waals surface area contributed by atoms with Crippen LogP contribution < -0.4 is 10.6 Å². The molecule has 0 radical (unpaired) electrons. The van der Waals surface area contributed by atoms with Gasteiger partial charge in [-0.25, -0.2) is 0 Å². The number of hydrogen-bond donors (Lipinski definition) is 2. The molecule has 3 rings (SSSR count). The highest BCUT2D eigenvalue weighted by atomic mass is 16.5. The maximum absolute atomic E-state index is 12.1. The summed E-state index contributed by atoms with van der Waals surface area (Å²) in [5.74, 6) is 1.06. The van der Waals surface area contributed by atoms with Gasteiger partial charge in [0, 0.05) is 38.2 Å². The Morgan fingerprint density at radius 3 is 2.95 bits per heavy atom. The molecule has 2 aliphatic rings. The van der Waals surface area contributed by atoms with E-state index in [-0.39, 0.29) is 17.9 Å². The van der Waals surface area contributed by atoms with Crippen molar-refractivity contribution < 1.29 is 14.1 Å². The lowest BCUT2D eigenvalue weighted by Gasteiger charge is -2.15. The van der Waals surface area contributed by atoms with E-state index in [0.717, 1.165) is 31.6 Å². The van der Waals surface area contributed by atoms with Crippen molar-refractivity contribution in [2.45, 2.75) is 31.2 Å². The van der Waals surface area contributed by atoms with Crippen LogP contribution in [-0.2, 0) is 4.79 Å². The molecule has 1 atom stereocenters. The molecule has 1 aromatic heterocycles. The molecule has 1 aromatic rings. The van der Waals surface area contributed by atoms with E-state index < -0.39 is 0 Å². The number of likely N-dealkylation sites (N-methyl/N-ethyl adjacent to an activating group) is 1. The maximum Gasteiger partial charge on any atom is 0.273 e. The summed E-state index contributed by atoms with van der Waals surface area (Å²) in [5.41, 5.74) is 0.349. The lowest BCUT2D eigenvalue weighted by atomic mass is 10.2. The summed E-state index contributed by atoms with van der Waals surface area (Å²) < 4.78 is 5.19. The van der Waals surface area contributed by atoms with Crippen molar-refractivity contribution in [3.8, 4) is 0 Å². The molecular formula is C14H20N4O3. The van der Waals surface area contributed by atoms with Gasteiger partial charge in [0.25, 0.3) is 5.91 Å². The van der Waals surface area contributed by atoms with Crippen molar-refractivity contribution in [2.24, 2.45) is 0 Å². The number of hydrogen-bond acceptors (Lipinski definition) is 5. The summed E-state index contributed by atoms with van der Waals surface area (Å²) in [6, 6.07) is 1.80. The zero-order chi connectivity index (χ0) is 14.8. The summed E-state index contributed by atoms with van der Waals surface area (Å²) >= 11 is 0. The van der Waals surface area contributed by atoms with Gasteiger partial charge in [-0.05, 0) is 19.3 Å². The minimum Gasteiger partial charge on any atom is -0.360 e. The molecule has 0 aromatic carbocycles. The Kier molecular flexibility index (Phi) is 3.92. The van der Waals surface area contributed by atoms with Gasteiger partial charge in [-0.15, -0.1) is 0 Å². The van der Waals surface area contributed by atoms with E-state index in [2.05, 4.69) is 15.8 Å². The number of carbonyl (C=O) groups excluding carboxylic acids is 2. The van der Waals surface area contributed by atoms with Gasteiger partial charge in [-0.1, -0.05) is 5.16 Å². The third kappa shape index (κ3) is 3.41. The fourth-order valence-corrected chi connectivity index (χ4v) is 2.59. The zero-order valence-corrected chi connectivity index (χ0v) is 12.1. The van der Waals surface area contributed by atoms with Crippen LogP contribution in [0.5, 0.6) is 0 Å². The second-order valence-corrected chi connectivity index (χ2v) is 5.76. The second kappa shape index (κ2) is 5.85. The highest BCUT2D eigenvalue weighted by Crippen LogP contribution is 2.40. The Hall–Kier alpha value is -1.89. The van der Waals surface area contributed by atoms with Gasteiger partial charge in [-0.2, -0.15) is 0 Å². The lowest BCUT2D eigenvalue weighted by molar-refractivity contribution is -0.121. The Morgan fingerprint density at radius 2 is 2.24 bits per heavy atom. The van der Waals surface area contributed by atoms with E-state index in [1.165, 1.54) is 0 Å². The second-order valence-electron chi connectivity index (χ2n) is 5.76. The van der Waals surface area contributed by atoms with Crippen molar-refractivity contribution in [3.05, 3.63) is 17.5 Å². The average Bonchev–Trinajstić information content (AvgIpc) is 3.04. The molecule has 1 aliphatic carbocycles. The number of aromatic nitrogens is 1. The molecule has 114 valence electrons. The van der Waals surface area contributed by atoms with E-state index in [1.807, 2.05) is 4.90 Å². The van der Waals surface area contributed by atoms with Crippen molar-refractivity contribution in [2.75, 3.05) is 26.7 Å². The third-order valence-electron chi connectivity index (χ3n) is 3.99. The van der Waals surface area contributed by atoms with Gasteiger partial charge < -0.3 is 15.2 Å². The zero-order valence-electron chi connectivity index (χ0n) is 12.1. The van der Waals surface area contributed by atoms with E-state index >= 15 is 0 Å². The fraction of sp³-hybridized carbons (Fsp3) is 0.643. The van der Waals surface area contributed by atoms with Gasteiger partial charge in [-0.3, -0.25) is 14.5 Å². The van der Waals surface area contributed by atoms with Crippen LogP contribution in [-0.4, -0.2) is 54.6 Å². The molecule has 2 heterocycles. The third-order valence-corrected chi connectivity index (χ3v) is 3.99. The number of nitrogens with one attached hydrogen (secondary N) is 2. The topological polar surface area (TPSA) is 87.5 Å². The van der Waals surface area contributed by atoms with Gasteiger partial charge in [0.2, 0.25) is 5.91 Å². The highest BCUT2D eigenvalue weighted by Gasteiger charge is 2.30. The number of likely N-dealkylation sites (tertiary alicyclic amines) is 1. The van der Waals surface area contributed by atoms with Gasteiger partial charge in [0.1, 0.15) is 5.76 Å². The molecule has 7 nitrogen and oxygen atoms in total. The number of nitrogens with zero attached hydrogens (tertiary/aromatic N) is 2. The highest BCUT2D eigenvalue weighted by molar-refractivity contribution is 5.92. The Bertz CT molecular complexity index is 538. The normalized spacial score (nSPS) is 22.2. The average molecular weight is 292 g/mol. The predicted molar refractivity (Wildman–Crippen MR) is 74.9 cm³/mol. The molecule has 0 bridgehead atoms. The van der Waals surface area contributed by atoms with Crippen LogP contribution in [0.25, 0.3) is 0 Å². The molecule has 21 heavy (non-hydrogen) atoms. The van der Waals surface area contributed by atoms with E-state index in [4.69, 9.17) is 4.52 Å². The first-order valence-electron chi connectivity index (χ1n) is 7.36. The van der Waals surface area contributed by atoms with Crippen LogP contribution in [0.3, 0.4) is 0 Å².